The number of methoxy groups -OCH3 is 1. The average Bonchev–Trinajstić information content (AvgIpc) is 2.74. The summed E-state index contributed by atoms with van der Waals surface area (Å²) in [7, 11) is -2.23. The Bertz CT molecular complexity index is 545. The molecule has 106 valence electrons. The molecule has 1 aromatic rings. The third kappa shape index (κ3) is 3.14. The van der Waals surface area contributed by atoms with E-state index >= 15 is 0 Å². The minimum absolute atomic E-state index is 0.190. The van der Waals surface area contributed by atoms with Gasteiger partial charge in [-0.25, -0.2) is 13.2 Å². The van der Waals surface area contributed by atoms with Gasteiger partial charge in [0.1, 0.15) is 4.21 Å². The number of thiophene rings is 1. The Kier molecular flexibility index (Phi) is 4.56. The minimum atomic E-state index is -3.50. The molecule has 8 heteroatoms. The normalized spacial score (nSPS) is 17.9. The summed E-state index contributed by atoms with van der Waals surface area (Å²) < 4.78 is 31.1. The van der Waals surface area contributed by atoms with Gasteiger partial charge in [0, 0.05) is 25.0 Å². The van der Waals surface area contributed by atoms with Crippen molar-refractivity contribution in [3.05, 3.63) is 17.0 Å². The second-order valence-electron chi connectivity index (χ2n) is 4.15. The van der Waals surface area contributed by atoms with Crippen LogP contribution in [-0.4, -0.2) is 52.0 Å². The molecule has 1 saturated heterocycles. The number of carbonyl (C=O) groups is 1. The summed E-state index contributed by atoms with van der Waals surface area (Å²) in [6.07, 6.45) is 0.786. The molecule has 1 aromatic heterocycles. The van der Waals surface area contributed by atoms with Gasteiger partial charge in [0.25, 0.3) is 10.0 Å². The van der Waals surface area contributed by atoms with Crippen LogP contribution in [-0.2, 0) is 14.8 Å². The number of rotatable bonds is 3. The summed E-state index contributed by atoms with van der Waals surface area (Å²) >= 11 is 1.05. The van der Waals surface area contributed by atoms with Crippen LogP contribution < -0.4 is 5.32 Å². The number of esters is 1. The van der Waals surface area contributed by atoms with Crippen LogP contribution in [0.25, 0.3) is 0 Å². The molecule has 0 bridgehead atoms. The standard InChI is InChI=1S/C11H16N2O4S2/c1-17-11(14)9-7-10(18-8-9)19(15,16)13-5-2-3-12-4-6-13/h7-8,12H,2-6H2,1H3. The average molecular weight is 304 g/mol. The highest BCUT2D eigenvalue weighted by molar-refractivity contribution is 7.91. The molecule has 0 aliphatic carbocycles. The first-order valence-corrected chi connectivity index (χ1v) is 8.25. The predicted octanol–water partition coefficient (Wildman–Crippen LogP) is 0.519. The van der Waals surface area contributed by atoms with Gasteiger partial charge in [-0.3, -0.25) is 0 Å². The Morgan fingerprint density at radius 3 is 2.95 bits per heavy atom. The van der Waals surface area contributed by atoms with E-state index in [1.807, 2.05) is 0 Å². The third-order valence-electron chi connectivity index (χ3n) is 2.89. The van der Waals surface area contributed by atoms with E-state index in [-0.39, 0.29) is 9.77 Å². The van der Waals surface area contributed by atoms with Crippen molar-refractivity contribution >= 4 is 27.3 Å². The predicted molar refractivity (Wildman–Crippen MR) is 71.9 cm³/mol. The Balaban J connectivity index is 2.23. The van der Waals surface area contributed by atoms with Crippen molar-refractivity contribution in [3.63, 3.8) is 0 Å². The topological polar surface area (TPSA) is 75.7 Å². The van der Waals surface area contributed by atoms with Gasteiger partial charge in [0.15, 0.2) is 0 Å². The Morgan fingerprint density at radius 1 is 1.42 bits per heavy atom. The Morgan fingerprint density at radius 2 is 2.21 bits per heavy atom. The van der Waals surface area contributed by atoms with Crippen LogP contribution in [0, 0.1) is 0 Å². The summed E-state index contributed by atoms with van der Waals surface area (Å²) in [6.45, 7) is 2.42. The maximum absolute atomic E-state index is 12.4. The smallest absolute Gasteiger partial charge is 0.338 e. The van der Waals surface area contributed by atoms with E-state index in [9.17, 15) is 13.2 Å². The minimum Gasteiger partial charge on any atom is -0.465 e. The number of nitrogens with zero attached hydrogens (tertiary/aromatic N) is 1. The molecule has 6 nitrogen and oxygen atoms in total. The molecule has 0 aromatic carbocycles. The summed E-state index contributed by atoms with van der Waals surface area (Å²) in [5.41, 5.74) is 0.277. The zero-order valence-corrected chi connectivity index (χ0v) is 12.2. The number of ether oxygens (including phenoxy) is 1. The van der Waals surface area contributed by atoms with Crippen LogP contribution in [0.4, 0.5) is 0 Å². The van der Waals surface area contributed by atoms with Crippen LogP contribution in [0.5, 0.6) is 0 Å². The summed E-state index contributed by atoms with van der Waals surface area (Å²) in [6, 6.07) is 1.38. The Hall–Kier alpha value is -0.960. The molecule has 0 atom stereocenters. The van der Waals surface area contributed by atoms with Gasteiger partial charge in [0.2, 0.25) is 0 Å². The van der Waals surface area contributed by atoms with Crippen molar-refractivity contribution in [2.45, 2.75) is 10.6 Å². The fourth-order valence-corrected chi connectivity index (χ4v) is 4.65. The highest BCUT2D eigenvalue weighted by Gasteiger charge is 2.27. The fourth-order valence-electron chi connectivity index (χ4n) is 1.87. The van der Waals surface area contributed by atoms with Gasteiger partial charge >= 0.3 is 5.97 Å². The highest BCUT2D eigenvalue weighted by Crippen LogP contribution is 2.24. The van der Waals surface area contributed by atoms with Gasteiger partial charge in [-0.2, -0.15) is 4.31 Å². The van der Waals surface area contributed by atoms with Gasteiger partial charge < -0.3 is 10.1 Å². The molecular formula is C11H16N2O4S2. The highest BCUT2D eigenvalue weighted by atomic mass is 32.2. The summed E-state index contributed by atoms with van der Waals surface area (Å²) in [5.74, 6) is -0.518. The number of nitrogens with one attached hydrogen (secondary N) is 1. The lowest BCUT2D eigenvalue weighted by Gasteiger charge is -2.18. The lowest BCUT2D eigenvalue weighted by Crippen LogP contribution is -2.33. The van der Waals surface area contributed by atoms with Gasteiger partial charge in [0.05, 0.1) is 12.7 Å². The van der Waals surface area contributed by atoms with Crippen LogP contribution in [0.2, 0.25) is 0 Å². The third-order valence-corrected chi connectivity index (χ3v) is 6.20. The Labute approximate surface area is 116 Å². The SMILES string of the molecule is COC(=O)c1csc(S(=O)(=O)N2CCCNCC2)c1. The first kappa shape index (κ1) is 14.4. The first-order valence-electron chi connectivity index (χ1n) is 5.93. The van der Waals surface area contributed by atoms with Crippen molar-refractivity contribution in [1.82, 2.24) is 9.62 Å². The molecule has 0 amide bonds. The number of hydrogen-bond acceptors (Lipinski definition) is 6. The molecule has 1 aliphatic heterocycles. The van der Waals surface area contributed by atoms with Gasteiger partial charge in [-0.15, -0.1) is 11.3 Å². The quantitative estimate of drug-likeness (QED) is 0.824. The largest absolute Gasteiger partial charge is 0.465 e. The van der Waals surface area contributed by atoms with Crippen molar-refractivity contribution in [2.75, 3.05) is 33.3 Å². The molecule has 0 unspecified atom stereocenters. The molecule has 0 spiro atoms. The van der Waals surface area contributed by atoms with E-state index in [0.717, 1.165) is 24.3 Å². The second-order valence-corrected chi connectivity index (χ2v) is 7.23. The van der Waals surface area contributed by atoms with Crippen LogP contribution in [0.3, 0.4) is 0 Å². The number of hydrogen-bond donors (Lipinski definition) is 1. The monoisotopic (exact) mass is 304 g/mol. The molecule has 1 aliphatic rings. The molecule has 0 radical (unpaired) electrons. The zero-order chi connectivity index (χ0) is 13.9. The summed E-state index contributed by atoms with van der Waals surface area (Å²) in [5, 5.41) is 4.67. The second kappa shape index (κ2) is 6.00. The van der Waals surface area contributed by atoms with Crippen molar-refractivity contribution in [1.29, 1.82) is 0 Å². The van der Waals surface area contributed by atoms with Crippen molar-refractivity contribution in [3.8, 4) is 0 Å². The number of carbonyl (C=O) groups excluding carboxylic acids is 1. The van der Waals surface area contributed by atoms with Crippen molar-refractivity contribution < 1.29 is 17.9 Å². The van der Waals surface area contributed by atoms with Crippen LogP contribution in [0.1, 0.15) is 16.8 Å². The van der Waals surface area contributed by atoms with E-state index in [2.05, 4.69) is 10.1 Å². The maximum atomic E-state index is 12.4. The molecule has 19 heavy (non-hydrogen) atoms. The zero-order valence-electron chi connectivity index (χ0n) is 10.6. The van der Waals surface area contributed by atoms with E-state index < -0.39 is 16.0 Å². The van der Waals surface area contributed by atoms with Gasteiger partial charge in [-0.1, -0.05) is 0 Å². The van der Waals surface area contributed by atoms with Crippen LogP contribution >= 0.6 is 11.3 Å². The number of sulfonamides is 1. The molecule has 2 heterocycles. The maximum Gasteiger partial charge on any atom is 0.338 e. The molecule has 2 rings (SSSR count). The first-order chi connectivity index (χ1) is 9.05. The fraction of sp³-hybridized carbons (Fsp3) is 0.545. The van der Waals surface area contributed by atoms with Crippen LogP contribution in [0.15, 0.2) is 15.7 Å². The van der Waals surface area contributed by atoms with Gasteiger partial charge in [-0.05, 0) is 19.0 Å². The van der Waals surface area contributed by atoms with E-state index in [4.69, 9.17) is 0 Å². The van der Waals surface area contributed by atoms with E-state index in [1.165, 1.54) is 22.9 Å². The van der Waals surface area contributed by atoms with Crippen molar-refractivity contribution in [2.24, 2.45) is 0 Å². The molecule has 1 fully saturated rings. The molecule has 0 saturated carbocycles. The summed E-state index contributed by atoms with van der Waals surface area (Å²) in [4.78, 5) is 11.4. The lowest BCUT2D eigenvalue weighted by molar-refractivity contribution is 0.0601. The molecular weight excluding hydrogens is 288 g/mol. The lowest BCUT2D eigenvalue weighted by atomic mass is 10.3. The van der Waals surface area contributed by atoms with E-state index in [0.29, 0.717) is 19.6 Å². The molecule has 1 N–H and O–H groups in total. The van der Waals surface area contributed by atoms with E-state index in [1.54, 1.807) is 0 Å².